The van der Waals surface area contributed by atoms with Gasteiger partial charge in [0, 0.05) is 48.4 Å². The van der Waals surface area contributed by atoms with Gasteiger partial charge in [-0.15, -0.1) is 0 Å². The normalized spacial score (nSPS) is 11.3. The van der Waals surface area contributed by atoms with E-state index in [4.69, 9.17) is 14.2 Å². The Balaban J connectivity index is 2.11. The van der Waals surface area contributed by atoms with Gasteiger partial charge in [0.1, 0.15) is 4.90 Å². The Labute approximate surface area is 166 Å². The number of aromatic nitrogens is 1. The van der Waals surface area contributed by atoms with Crippen molar-refractivity contribution < 1.29 is 27.6 Å². The first kappa shape index (κ1) is 20.3. The molecule has 1 N–H and O–H groups in total. The van der Waals surface area contributed by atoms with Crippen LogP contribution in [-0.2, 0) is 17.1 Å². The van der Waals surface area contributed by atoms with Crippen molar-refractivity contribution >= 4 is 32.3 Å². The van der Waals surface area contributed by atoms with E-state index in [0.717, 1.165) is 0 Å². The van der Waals surface area contributed by atoms with Crippen LogP contribution in [0.2, 0.25) is 0 Å². The molecule has 2 aromatic carbocycles. The van der Waals surface area contributed by atoms with Gasteiger partial charge in [0.05, 0.1) is 31.9 Å². The Morgan fingerprint density at radius 1 is 1.03 bits per heavy atom. The van der Waals surface area contributed by atoms with E-state index in [0.29, 0.717) is 11.3 Å². The van der Waals surface area contributed by atoms with Crippen molar-refractivity contribution in [2.75, 3.05) is 26.1 Å². The van der Waals surface area contributed by atoms with Crippen LogP contribution in [0.4, 0.5) is 11.4 Å². The molecular formula is C18H19N3O7S. The minimum Gasteiger partial charge on any atom is -0.493 e. The number of benzene rings is 2. The molecule has 0 aliphatic rings. The van der Waals surface area contributed by atoms with Crippen molar-refractivity contribution in [3.63, 3.8) is 0 Å². The number of aryl methyl sites for hydroxylation is 1. The Morgan fingerprint density at radius 2 is 1.66 bits per heavy atom. The van der Waals surface area contributed by atoms with E-state index in [2.05, 4.69) is 4.72 Å². The molecule has 0 saturated carbocycles. The van der Waals surface area contributed by atoms with E-state index >= 15 is 0 Å². The molecule has 29 heavy (non-hydrogen) atoms. The van der Waals surface area contributed by atoms with Gasteiger partial charge in [-0.05, 0) is 6.07 Å². The fourth-order valence-electron chi connectivity index (χ4n) is 3.02. The second-order valence-electron chi connectivity index (χ2n) is 6.08. The van der Waals surface area contributed by atoms with Crippen molar-refractivity contribution in [3.8, 4) is 17.2 Å². The van der Waals surface area contributed by atoms with Crippen molar-refractivity contribution in [2.45, 2.75) is 4.90 Å². The van der Waals surface area contributed by atoms with Crippen LogP contribution < -0.4 is 18.9 Å². The lowest BCUT2D eigenvalue weighted by molar-refractivity contribution is -0.384. The fourth-order valence-corrected chi connectivity index (χ4v) is 4.31. The van der Waals surface area contributed by atoms with Crippen molar-refractivity contribution in [3.05, 3.63) is 46.6 Å². The molecule has 0 aliphatic heterocycles. The Hall–Kier alpha value is -3.47. The molecule has 1 aromatic heterocycles. The molecule has 0 atom stereocenters. The third-order valence-electron chi connectivity index (χ3n) is 4.35. The maximum atomic E-state index is 13.1. The number of nitrogens with zero attached hydrogens (tertiary/aromatic N) is 2. The van der Waals surface area contributed by atoms with Crippen LogP contribution in [0.3, 0.4) is 0 Å². The summed E-state index contributed by atoms with van der Waals surface area (Å²) in [6.07, 6.45) is 1.40. The summed E-state index contributed by atoms with van der Waals surface area (Å²) in [5.74, 6) is 0.870. The van der Waals surface area contributed by atoms with Gasteiger partial charge in [-0.25, -0.2) is 8.42 Å². The summed E-state index contributed by atoms with van der Waals surface area (Å²) < 4.78 is 45.9. The molecule has 0 amide bonds. The second-order valence-corrected chi connectivity index (χ2v) is 7.73. The predicted molar refractivity (Wildman–Crippen MR) is 106 cm³/mol. The highest BCUT2D eigenvalue weighted by Crippen LogP contribution is 2.40. The first-order valence-corrected chi connectivity index (χ1v) is 9.76. The predicted octanol–water partition coefficient (Wildman–Crippen LogP) is 2.91. The maximum absolute atomic E-state index is 13.1. The molecule has 11 heteroatoms. The third-order valence-corrected chi connectivity index (χ3v) is 5.76. The summed E-state index contributed by atoms with van der Waals surface area (Å²) in [6.45, 7) is 0. The number of rotatable bonds is 7. The van der Waals surface area contributed by atoms with Crippen molar-refractivity contribution in [1.29, 1.82) is 0 Å². The van der Waals surface area contributed by atoms with Gasteiger partial charge in [-0.3, -0.25) is 14.8 Å². The highest BCUT2D eigenvalue weighted by atomic mass is 32.2. The van der Waals surface area contributed by atoms with Gasteiger partial charge in [-0.2, -0.15) is 0 Å². The molecule has 0 radical (unpaired) electrons. The van der Waals surface area contributed by atoms with Crippen LogP contribution in [0.15, 0.2) is 41.4 Å². The maximum Gasteiger partial charge on any atom is 0.270 e. The zero-order chi connectivity index (χ0) is 21.3. The molecule has 3 aromatic rings. The number of ether oxygens (including phenoxy) is 3. The fraction of sp³-hybridized carbons (Fsp3) is 0.222. The molecule has 154 valence electrons. The highest BCUT2D eigenvalue weighted by molar-refractivity contribution is 7.93. The highest BCUT2D eigenvalue weighted by Gasteiger charge is 2.24. The van der Waals surface area contributed by atoms with E-state index in [-0.39, 0.29) is 33.2 Å². The van der Waals surface area contributed by atoms with Gasteiger partial charge in [0.15, 0.2) is 11.5 Å². The zero-order valence-corrected chi connectivity index (χ0v) is 16.9. The molecule has 0 aliphatic carbocycles. The summed E-state index contributed by atoms with van der Waals surface area (Å²) in [7, 11) is 1.85. The number of anilines is 1. The van der Waals surface area contributed by atoms with Crippen LogP contribution in [0, 0.1) is 10.1 Å². The van der Waals surface area contributed by atoms with Gasteiger partial charge in [0.2, 0.25) is 5.75 Å². The third kappa shape index (κ3) is 3.63. The standard InChI is InChI=1S/C18H19N3O7S/c1-20-10-17(13-9-12(21(22)23)5-6-14(13)20)29(24,25)19-11-7-15(26-2)18(28-4)16(8-11)27-3/h5-10,19H,1-4H3. The number of methoxy groups -OCH3 is 3. The molecule has 0 fully saturated rings. The Morgan fingerprint density at radius 3 is 2.17 bits per heavy atom. The minimum absolute atomic E-state index is 0.0903. The van der Waals surface area contributed by atoms with E-state index in [1.807, 2.05) is 0 Å². The van der Waals surface area contributed by atoms with Gasteiger partial charge < -0.3 is 18.8 Å². The zero-order valence-electron chi connectivity index (χ0n) is 16.1. The first-order chi connectivity index (χ1) is 13.7. The molecule has 10 nitrogen and oxygen atoms in total. The van der Waals surface area contributed by atoms with Crippen molar-refractivity contribution in [2.24, 2.45) is 7.05 Å². The molecule has 0 spiro atoms. The Kier molecular flexibility index (Phi) is 5.25. The molecule has 0 unspecified atom stereocenters. The van der Waals surface area contributed by atoms with Crippen LogP contribution in [0.5, 0.6) is 17.2 Å². The SMILES string of the molecule is COc1cc(NS(=O)(=O)c2cn(C)c3ccc([N+](=O)[O-])cc23)cc(OC)c1OC. The first-order valence-electron chi connectivity index (χ1n) is 8.28. The number of hydrogen-bond donors (Lipinski definition) is 1. The number of non-ortho nitro benzene ring substituents is 1. The number of sulfonamides is 1. The lowest BCUT2D eigenvalue weighted by Crippen LogP contribution is -2.13. The summed E-state index contributed by atoms with van der Waals surface area (Å²) in [6, 6.07) is 6.97. The molecule has 3 rings (SSSR count). The smallest absolute Gasteiger partial charge is 0.270 e. The van der Waals surface area contributed by atoms with E-state index < -0.39 is 14.9 Å². The van der Waals surface area contributed by atoms with Crippen LogP contribution in [0.1, 0.15) is 0 Å². The number of nitro benzene ring substituents is 1. The lowest BCUT2D eigenvalue weighted by atomic mass is 10.2. The number of hydrogen-bond acceptors (Lipinski definition) is 7. The molecule has 1 heterocycles. The second kappa shape index (κ2) is 7.51. The van der Waals surface area contributed by atoms with E-state index in [1.54, 1.807) is 11.6 Å². The van der Waals surface area contributed by atoms with Gasteiger partial charge in [0.25, 0.3) is 15.7 Å². The minimum atomic E-state index is -4.08. The average molecular weight is 421 g/mol. The van der Waals surface area contributed by atoms with Crippen LogP contribution >= 0.6 is 0 Å². The lowest BCUT2D eigenvalue weighted by Gasteiger charge is -2.15. The summed E-state index contributed by atoms with van der Waals surface area (Å²) in [5.41, 5.74) is 0.524. The van der Waals surface area contributed by atoms with Crippen LogP contribution in [0.25, 0.3) is 10.9 Å². The largest absolute Gasteiger partial charge is 0.493 e. The topological polar surface area (TPSA) is 122 Å². The summed E-state index contributed by atoms with van der Waals surface area (Å²) in [5, 5.41) is 11.3. The quantitative estimate of drug-likeness (QED) is 0.460. The molecule has 0 saturated heterocycles. The monoisotopic (exact) mass is 421 g/mol. The number of nitrogens with one attached hydrogen (secondary N) is 1. The van der Waals surface area contributed by atoms with Crippen LogP contribution in [-0.4, -0.2) is 39.2 Å². The van der Waals surface area contributed by atoms with E-state index in [1.165, 1.54) is 57.9 Å². The summed E-state index contributed by atoms with van der Waals surface area (Å²) >= 11 is 0. The summed E-state index contributed by atoms with van der Waals surface area (Å²) in [4.78, 5) is 10.4. The average Bonchev–Trinajstić information content (AvgIpc) is 3.03. The number of fused-ring (bicyclic) bond motifs is 1. The molecular weight excluding hydrogens is 402 g/mol. The van der Waals surface area contributed by atoms with E-state index in [9.17, 15) is 18.5 Å². The Bertz CT molecular complexity index is 1180. The molecule has 0 bridgehead atoms. The van der Waals surface area contributed by atoms with Gasteiger partial charge in [-0.1, -0.05) is 0 Å². The number of nitro groups is 1. The van der Waals surface area contributed by atoms with Crippen molar-refractivity contribution in [1.82, 2.24) is 4.57 Å². The van der Waals surface area contributed by atoms with Gasteiger partial charge >= 0.3 is 0 Å².